The van der Waals surface area contributed by atoms with Crippen LogP contribution in [-0.4, -0.2) is 48.3 Å². The zero-order valence-electron chi connectivity index (χ0n) is 16.4. The first-order valence-corrected chi connectivity index (χ1v) is 9.76. The summed E-state index contributed by atoms with van der Waals surface area (Å²) in [6.07, 6.45) is 6.65. The average molecular weight is 360 g/mol. The fraction of sp³-hybridized carbons (Fsp3) is 0.571. The Labute approximate surface area is 157 Å². The zero-order valence-corrected chi connectivity index (χ0v) is 16.4. The van der Waals surface area contributed by atoms with Gasteiger partial charge in [0.1, 0.15) is 5.75 Å². The number of aromatic nitrogens is 1. The highest BCUT2D eigenvalue weighted by molar-refractivity contribution is 5.94. The molecule has 1 heterocycles. The van der Waals surface area contributed by atoms with Crippen molar-refractivity contribution in [3.63, 3.8) is 0 Å². The Morgan fingerprint density at radius 2 is 1.88 bits per heavy atom. The monoisotopic (exact) mass is 359 g/mol. The van der Waals surface area contributed by atoms with Crippen LogP contribution in [0.15, 0.2) is 24.4 Å². The number of nitrogens with zero attached hydrogens (tertiary/aromatic N) is 2. The molecule has 0 radical (unpaired) electrons. The number of hydrogen-bond acceptors (Lipinski definition) is 5. The number of rotatable bonds is 12. The van der Waals surface area contributed by atoms with Gasteiger partial charge >= 0.3 is 0 Å². The summed E-state index contributed by atoms with van der Waals surface area (Å²) in [5, 5.41) is 14.0. The minimum Gasteiger partial charge on any atom is -0.497 e. The van der Waals surface area contributed by atoms with Crippen molar-refractivity contribution in [2.24, 2.45) is 0 Å². The number of nitrogens with one attached hydrogen (secondary N) is 1. The Bertz CT molecular complexity index is 672. The molecule has 0 aliphatic carbocycles. The molecule has 2 rings (SSSR count). The van der Waals surface area contributed by atoms with Crippen molar-refractivity contribution in [2.75, 3.05) is 38.6 Å². The topological polar surface area (TPSA) is 57.6 Å². The number of ether oxygens (including phenoxy) is 1. The molecule has 0 aliphatic rings. The summed E-state index contributed by atoms with van der Waals surface area (Å²) in [6, 6.07) is 5.77. The van der Waals surface area contributed by atoms with Gasteiger partial charge in [-0.2, -0.15) is 0 Å². The van der Waals surface area contributed by atoms with Gasteiger partial charge in [0.15, 0.2) is 0 Å². The second kappa shape index (κ2) is 11.0. The quantitative estimate of drug-likeness (QED) is 0.560. The van der Waals surface area contributed by atoms with Gasteiger partial charge in [0, 0.05) is 24.2 Å². The van der Waals surface area contributed by atoms with E-state index in [0.717, 1.165) is 54.0 Å². The highest BCUT2D eigenvalue weighted by Crippen LogP contribution is 2.30. The van der Waals surface area contributed by atoms with Gasteiger partial charge in [-0.15, -0.1) is 0 Å². The van der Waals surface area contributed by atoms with Crippen LogP contribution < -0.4 is 10.1 Å². The Hall–Kier alpha value is -1.85. The third kappa shape index (κ3) is 5.58. The highest BCUT2D eigenvalue weighted by Gasteiger charge is 2.09. The summed E-state index contributed by atoms with van der Waals surface area (Å²) in [5.41, 5.74) is 2.73. The second-order valence-corrected chi connectivity index (χ2v) is 6.57. The lowest BCUT2D eigenvalue weighted by molar-refractivity contribution is 0.283. The molecular weight excluding hydrogens is 326 g/mol. The van der Waals surface area contributed by atoms with Crippen molar-refractivity contribution in [3.05, 3.63) is 30.0 Å². The predicted octanol–water partition coefficient (Wildman–Crippen LogP) is 4.05. The number of pyridine rings is 1. The molecule has 144 valence electrons. The maximum Gasteiger partial charge on any atom is 0.121 e. The van der Waals surface area contributed by atoms with Crippen LogP contribution in [0.25, 0.3) is 10.9 Å². The van der Waals surface area contributed by atoms with Crippen molar-refractivity contribution in [2.45, 2.75) is 46.1 Å². The van der Waals surface area contributed by atoms with E-state index < -0.39 is 0 Å². The van der Waals surface area contributed by atoms with Crippen molar-refractivity contribution >= 4 is 16.6 Å². The largest absolute Gasteiger partial charge is 0.497 e. The van der Waals surface area contributed by atoms with E-state index in [1.54, 1.807) is 13.3 Å². The number of anilines is 1. The van der Waals surface area contributed by atoms with E-state index in [2.05, 4.69) is 29.0 Å². The number of hydrogen-bond donors (Lipinski definition) is 2. The van der Waals surface area contributed by atoms with E-state index in [9.17, 15) is 5.11 Å². The molecule has 2 aromatic rings. The number of aliphatic hydroxyl groups is 1. The second-order valence-electron chi connectivity index (χ2n) is 6.57. The normalized spacial score (nSPS) is 11.3. The van der Waals surface area contributed by atoms with Gasteiger partial charge in [0.05, 0.1) is 24.9 Å². The minimum absolute atomic E-state index is 0.00182. The van der Waals surface area contributed by atoms with Gasteiger partial charge in [0.25, 0.3) is 0 Å². The van der Waals surface area contributed by atoms with Crippen LogP contribution in [-0.2, 0) is 6.61 Å². The zero-order chi connectivity index (χ0) is 18.8. The van der Waals surface area contributed by atoms with E-state index in [1.807, 2.05) is 18.2 Å². The van der Waals surface area contributed by atoms with Crippen LogP contribution in [0, 0.1) is 0 Å². The first-order chi connectivity index (χ1) is 12.7. The smallest absolute Gasteiger partial charge is 0.121 e. The molecule has 0 amide bonds. The molecule has 0 fully saturated rings. The summed E-state index contributed by atoms with van der Waals surface area (Å²) in [7, 11) is 1.66. The van der Waals surface area contributed by atoms with Crippen LogP contribution in [0.4, 0.5) is 5.69 Å². The first kappa shape index (κ1) is 20.5. The molecule has 0 saturated heterocycles. The number of benzene rings is 1. The summed E-state index contributed by atoms with van der Waals surface area (Å²) < 4.78 is 5.41. The first-order valence-electron chi connectivity index (χ1n) is 9.76. The van der Waals surface area contributed by atoms with Gasteiger partial charge < -0.3 is 20.1 Å². The molecule has 0 bridgehead atoms. The van der Waals surface area contributed by atoms with Gasteiger partial charge in [-0.3, -0.25) is 4.98 Å². The fourth-order valence-electron chi connectivity index (χ4n) is 3.25. The van der Waals surface area contributed by atoms with E-state index in [0.29, 0.717) is 0 Å². The molecule has 0 atom stereocenters. The molecule has 1 aromatic carbocycles. The lowest BCUT2D eigenvalue weighted by atomic mass is 10.1. The summed E-state index contributed by atoms with van der Waals surface area (Å²) in [5.74, 6) is 0.780. The number of fused-ring (bicyclic) bond motifs is 1. The molecule has 0 aliphatic heterocycles. The minimum atomic E-state index is -0.00182. The number of unbranched alkanes of at least 4 members (excludes halogenated alkanes) is 3. The molecule has 5 heteroatoms. The van der Waals surface area contributed by atoms with Crippen molar-refractivity contribution < 1.29 is 9.84 Å². The SMILES string of the molecule is CCN(CC)CCCCCCNc1cc(OC)cc2c(CO)ccnc12. The van der Waals surface area contributed by atoms with Gasteiger partial charge in [-0.25, -0.2) is 0 Å². The van der Waals surface area contributed by atoms with Crippen molar-refractivity contribution in [3.8, 4) is 5.75 Å². The lowest BCUT2D eigenvalue weighted by Gasteiger charge is -2.17. The standard InChI is InChI=1S/C21H33N3O2/c1-4-24(5-2)13-9-7-6-8-11-22-20-15-18(26-3)14-19-17(16-25)10-12-23-21(19)20/h10,12,14-15,22,25H,4-9,11,13,16H2,1-3H3. The molecule has 2 N–H and O–H groups in total. The fourth-order valence-corrected chi connectivity index (χ4v) is 3.25. The maximum atomic E-state index is 9.57. The molecule has 26 heavy (non-hydrogen) atoms. The highest BCUT2D eigenvalue weighted by atomic mass is 16.5. The Kier molecular flexibility index (Phi) is 8.65. The third-order valence-corrected chi connectivity index (χ3v) is 4.93. The predicted molar refractivity (Wildman–Crippen MR) is 109 cm³/mol. The summed E-state index contributed by atoms with van der Waals surface area (Å²) >= 11 is 0. The molecule has 0 unspecified atom stereocenters. The van der Waals surface area contributed by atoms with Crippen LogP contribution in [0.5, 0.6) is 5.75 Å². The van der Waals surface area contributed by atoms with Crippen LogP contribution in [0.2, 0.25) is 0 Å². The van der Waals surface area contributed by atoms with E-state index in [-0.39, 0.29) is 6.61 Å². The Morgan fingerprint density at radius 1 is 1.12 bits per heavy atom. The summed E-state index contributed by atoms with van der Waals surface area (Å²) in [4.78, 5) is 6.97. The van der Waals surface area contributed by atoms with Gasteiger partial charge in [-0.1, -0.05) is 26.7 Å². The maximum absolute atomic E-state index is 9.57. The molecule has 0 spiro atoms. The molecule has 5 nitrogen and oxygen atoms in total. The van der Waals surface area contributed by atoms with E-state index in [1.165, 1.54) is 25.8 Å². The van der Waals surface area contributed by atoms with Crippen LogP contribution in [0.3, 0.4) is 0 Å². The van der Waals surface area contributed by atoms with Crippen LogP contribution >= 0.6 is 0 Å². The number of aliphatic hydroxyl groups excluding tert-OH is 1. The summed E-state index contributed by atoms with van der Waals surface area (Å²) in [6.45, 7) is 8.85. The van der Waals surface area contributed by atoms with Gasteiger partial charge in [-0.05, 0) is 50.2 Å². The molecular formula is C21H33N3O2. The average Bonchev–Trinajstić information content (AvgIpc) is 2.69. The lowest BCUT2D eigenvalue weighted by Crippen LogP contribution is -2.23. The molecule has 1 aromatic heterocycles. The van der Waals surface area contributed by atoms with Gasteiger partial charge in [0.2, 0.25) is 0 Å². The molecule has 0 saturated carbocycles. The third-order valence-electron chi connectivity index (χ3n) is 4.93. The van der Waals surface area contributed by atoms with E-state index in [4.69, 9.17) is 4.74 Å². The number of methoxy groups -OCH3 is 1. The van der Waals surface area contributed by atoms with Crippen molar-refractivity contribution in [1.82, 2.24) is 9.88 Å². The Morgan fingerprint density at radius 3 is 2.58 bits per heavy atom. The van der Waals surface area contributed by atoms with Crippen LogP contribution in [0.1, 0.15) is 45.1 Å². The van der Waals surface area contributed by atoms with Crippen molar-refractivity contribution in [1.29, 1.82) is 0 Å². The van der Waals surface area contributed by atoms with E-state index >= 15 is 0 Å². The Balaban J connectivity index is 1.88.